The van der Waals surface area contributed by atoms with E-state index in [9.17, 15) is 9.18 Å². The van der Waals surface area contributed by atoms with Crippen LogP contribution >= 0.6 is 11.3 Å². The summed E-state index contributed by atoms with van der Waals surface area (Å²) in [6, 6.07) is 6.58. The summed E-state index contributed by atoms with van der Waals surface area (Å²) in [5.41, 5.74) is 1.08. The number of carbonyl (C=O) groups is 1. The van der Waals surface area contributed by atoms with Gasteiger partial charge in [-0.25, -0.2) is 14.2 Å². The normalized spacial score (nSPS) is 19.4. The quantitative estimate of drug-likeness (QED) is 0.909. The second kappa shape index (κ2) is 6.66. The van der Waals surface area contributed by atoms with Gasteiger partial charge in [-0.1, -0.05) is 19.1 Å². The van der Waals surface area contributed by atoms with E-state index in [1.54, 1.807) is 35.4 Å². The summed E-state index contributed by atoms with van der Waals surface area (Å²) in [6.07, 6.45) is 3.67. The van der Waals surface area contributed by atoms with E-state index < -0.39 is 0 Å². The third kappa shape index (κ3) is 3.88. The fraction of sp³-hybridized carbons (Fsp3) is 0.412. The summed E-state index contributed by atoms with van der Waals surface area (Å²) in [5, 5.41) is 4.13. The van der Waals surface area contributed by atoms with E-state index >= 15 is 0 Å². The first-order valence-corrected chi connectivity index (χ1v) is 8.59. The molecule has 2 aromatic rings. The minimum absolute atomic E-state index is 0.0777. The molecule has 3 rings (SSSR count). The van der Waals surface area contributed by atoms with E-state index in [0.717, 1.165) is 28.3 Å². The maximum Gasteiger partial charge on any atom is 0.317 e. The first-order valence-electron chi connectivity index (χ1n) is 7.77. The van der Waals surface area contributed by atoms with Crippen LogP contribution in [0.5, 0.6) is 0 Å². The Morgan fingerprint density at radius 2 is 2.17 bits per heavy atom. The lowest BCUT2D eigenvalue weighted by Gasteiger charge is -2.17. The number of benzene rings is 1. The highest BCUT2D eigenvalue weighted by Crippen LogP contribution is 2.40. The SMILES string of the molecule is CCc1ncc(CN(C)C(=O)N[C@@H]2C[C@@H]2c2ccc(F)cc2)s1. The molecule has 1 aromatic carbocycles. The Balaban J connectivity index is 1.50. The van der Waals surface area contributed by atoms with Crippen molar-refractivity contribution in [2.24, 2.45) is 0 Å². The molecule has 23 heavy (non-hydrogen) atoms. The van der Waals surface area contributed by atoms with Crippen molar-refractivity contribution in [3.8, 4) is 0 Å². The van der Waals surface area contributed by atoms with Gasteiger partial charge in [0.1, 0.15) is 5.82 Å². The van der Waals surface area contributed by atoms with Crippen molar-refractivity contribution in [2.45, 2.75) is 38.3 Å². The molecule has 1 saturated carbocycles. The lowest BCUT2D eigenvalue weighted by atomic mass is 10.1. The summed E-state index contributed by atoms with van der Waals surface area (Å²) < 4.78 is 12.9. The molecular formula is C17H20FN3OS. The number of carbonyl (C=O) groups excluding carboxylic acids is 1. The van der Waals surface area contributed by atoms with Crippen molar-refractivity contribution in [3.05, 3.63) is 51.7 Å². The maximum atomic E-state index is 12.9. The second-order valence-electron chi connectivity index (χ2n) is 5.88. The van der Waals surface area contributed by atoms with Crippen LogP contribution in [0, 0.1) is 5.82 Å². The zero-order chi connectivity index (χ0) is 16.4. The van der Waals surface area contributed by atoms with E-state index in [1.807, 2.05) is 6.20 Å². The van der Waals surface area contributed by atoms with Crippen LogP contribution in [0.2, 0.25) is 0 Å². The Hall–Kier alpha value is -1.95. The number of hydrogen-bond acceptors (Lipinski definition) is 3. The molecule has 1 heterocycles. The van der Waals surface area contributed by atoms with E-state index in [-0.39, 0.29) is 17.9 Å². The number of halogens is 1. The average Bonchev–Trinajstić information content (AvgIpc) is 3.15. The molecule has 0 unspecified atom stereocenters. The molecule has 122 valence electrons. The fourth-order valence-electron chi connectivity index (χ4n) is 2.59. The highest BCUT2D eigenvalue weighted by Gasteiger charge is 2.39. The summed E-state index contributed by atoms with van der Waals surface area (Å²) in [7, 11) is 1.79. The van der Waals surface area contributed by atoms with E-state index in [2.05, 4.69) is 17.2 Å². The van der Waals surface area contributed by atoms with Crippen molar-refractivity contribution in [2.75, 3.05) is 7.05 Å². The summed E-state index contributed by atoms with van der Waals surface area (Å²) in [4.78, 5) is 19.3. The van der Waals surface area contributed by atoms with Gasteiger partial charge in [-0.15, -0.1) is 11.3 Å². The largest absolute Gasteiger partial charge is 0.335 e. The number of hydrogen-bond donors (Lipinski definition) is 1. The minimum atomic E-state index is -0.231. The van der Waals surface area contributed by atoms with E-state index in [0.29, 0.717) is 12.5 Å². The number of aromatic nitrogens is 1. The molecule has 0 spiro atoms. The standard InChI is InChI=1S/C17H20FN3OS/c1-3-16-19-9-13(23-16)10-21(2)17(22)20-15-8-14(15)11-4-6-12(18)7-5-11/h4-7,9,14-15H,3,8,10H2,1-2H3,(H,20,22)/t14-,15-/m1/s1. The summed E-state index contributed by atoms with van der Waals surface area (Å²) >= 11 is 1.64. The molecule has 6 heteroatoms. The average molecular weight is 333 g/mol. The van der Waals surface area contributed by atoms with Crippen molar-refractivity contribution >= 4 is 17.4 Å². The van der Waals surface area contributed by atoms with Crippen LogP contribution in [0.15, 0.2) is 30.5 Å². The number of thiazole rings is 1. The van der Waals surface area contributed by atoms with E-state index in [1.165, 1.54) is 12.1 Å². The highest BCUT2D eigenvalue weighted by molar-refractivity contribution is 7.11. The van der Waals surface area contributed by atoms with Crippen LogP contribution < -0.4 is 5.32 Å². The minimum Gasteiger partial charge on any atom is -0.335 e. The van der Waals surface area contributed by atoms with Gasteiger partial charge < -0.3 is 10.2 Å². The predicted molar refractivity (Wildman–Crippen MR) is 89.0 cm³/mol. The van der Waals surface area contributed by atoms with Crippen molar-refractivity contribution in [3.63, 3.8) is 0 Å². The molecule has 2 atom stereocenters. The first-order chi connectivity index (χ1) is 11.1. The van der Waals surface area contributed by atoms with Gasteiger partial charge in [0.25, 0.3) is 0 Å². The Kier molecular flexibility index (Phi) is 4.61. The molecule has 1 aromatic heterocycles. The maximum absolute atomic E-state index is 12.9. The van der Waals surface area contributed by atoms with Gasteiger partial charge in [0.15, 0.2) is 0 Å². The van der Waals surface area contributed by atoms with Crippen LogP contribution in [0.25, 0.3) is 0 Å². The molecule has 2 amide bonds. The Morgan fingerprint density at radius 3 is 2.83 bits per heavy atom. The smallest absolute Gasteiger partial charge is 0.317 e. The zero-order valence-electron chi connectivity index (χ0n) is 13.3. The van der Waals surface area contributed by atoms with Gasteiger partial charge >= 0.3 is 6.03 Å². The number of nitrogens with one attached hydrogen (secondary N) is 1. The molecule has 1 fully saturated rings. The number of nitrogens with zero attached hydrogens (tertiary/aromatic N) is 2. The van der Waals surface area contributed by atoms with Crippen LogP contribution in [0.3, 0.4) is 0 Å². The number of rotatable bonds is 5. The van der Waals surface area contributed by atoms with Crippen molar-refractivity contribution < 1.29 is 9.18 Å². The molecular weight excluding hydrogens is 313 g/mol. The van der Waals surface area contributed by atoms with Crippen LogP contribution in [0.4, 0.5) is 9.18 Å². The molecule has 0 saturated heterocycles. The third-order valence-corrected chi connectivity index (χ3v) is 5.17. The predicted octanol–water partition coefficient (Wildman–Crippen LogP) is 3.54. The molecule has 1 aliphatic carbocycles. The molecule has 4 nitrogen and oxygen atoms in total. The van der Waals surface area contributed by atoms with Gasteiger partial charge in [0.05, 0.1) is 11.6 Å². The summed E-state index contributed by atoms with van der Waals surface area (Å²) in [6.45, 7) is 2.64. The molecule has 0 radical (unpaired) electrons. The van der Waals surface area contributed by atoms with Gasteiger partial charge in [-0.2, -0.15) is 0 Å². The van der Waals surface area contributed by atoms with Gasteiger partial charge in [0, 0.05) is 30.1 Å². The van der Waals surface area contributed by atoms with Crippen LogP contribution in [-0.4, -0.2) is 29.0 Å². The highest BCUT2D eigenvalue weighted by atomic mass is 32.1. The Bertz CT molecular complexity index is 685. The topological polar surface area (TPSA) is 45.2 Å². The molecule has 0 bridgehead atoms. The molecule has 0 aliphatic heterocycles. The Morgan fingerprint density at radius 1 is 1.43 bits per heavy atom. The monoisotopic (exact) mass is 333 g/mol. The van der Waals surface area contributed by atoms with E-state index in [4.69, 9.17) is 0 Å². The van der Waals surface area contributed by atoms with Gasteiger partial charge in [-0.05, 0) is 30.5 Å². The zero-order valence-corrected chi connectivity index (χ0v) is 14.1. The first kappa shape index (κ1) is 15.9. The fourth-order valence-corrected chi connectivity index (χ4v) is 3.51. The number of aryl methyl sites for hydroxylation is 1. The van der Waals surface area contributed by atoms with Gasteiger partial charge in [-0.3, -0.25) is 0 Å². The van der Waals surface area contributed by atoms with Crippen LogP contribution in [-0.2, 0) is 13.0 Å². The van der Waals surface area contributed by atoms with Gasteiger partial charge in [0.2, 0.25) is 0 Å². The van der Waals surface area contributed by atoms with Crippen molar-refractivity contribution in [1.29, 1.82) is 0 Å². The van der Waals surface area contributed by atoms with Crippen LogP contribution in [0.1, 0.15) is 34.7 Å². The lowest BCUT2D eigenvalue weighted by molar-refractivity contribution is 0.206. The third-order valence-electron chi connectivity index (χ3n) is 4.04. The molecule has 1 N–H and O–H groups in total. The summed E-state index contributed by atoms with van der Waals surface area (Å²) in [5.74, 6) is 0.0637. The van der Waals surface area contributed by atoms with Crippen molar-refractivity contribution in [1.82, 2.24) is 15.2 Å². The number of amides is 2. The lowest BCUT2D eigenvalue weighted by Crippen LogP contribution is -2.38. The Labute approximate surface area is 139 Å². The molecule has 1 aliphatic rings. The number of urea groups is 1. The second-order valence-corrected chi connectivity index (χ2v) is 7.08.